The van der Waals surface area contributed by atoms with E-state index in [1.165, 1.54) is 16.6 Å². The second-order valence-electron chi connectivity index (χ2n) is 4.21. The van der Waals surface area contributed by atoms with E-state index in [0.717, 1.165) is 23.6 Å². The maximum Gasteiger partial charge on any atom is 0.0648 e. The Morgan fingerprint density at radius 1 is 1.40 bits per heavy atom. The Bertz CT molecular complexity index is 516. The van der Waals surface area contributed by atoms with E-state index in [1.807, 2.05) is 12.1 Å². The van der Waals surface area contributed by atoms with Crippen LogP contribution in [-0.2, 0) is 6.54 Å². The van der Waals surface area contributed by atoms with Gasteiger partial charge in [-0.3, -0.25) is 0 Å². The van der Waals surface area contributed by atoms with Crippen molar-refractivity contribution in [1.29, 1.82) is 0 Å². The summed E-state index contributed by atoms with van der Waals surface area (Å²) in [4.78, 5) is 3.42. The molecule has 15 heavy (non-hydrogen) atoms. The minimum Gasteiger partial charge on any atom is -0.356 e. The van der Waals surface area contributed by atoms with Gasteiger partial charge in [-0.05, 0) is 17.5 Å². The molecular formula is C12H13ClN2. The molecule has 0 saturated carbocycles. The van der Waals surface area contributed by atoms with Crippen LogP contribution in [0, 0.1) is 0 Å². The van der Waals surface area contributed by atoms with Gasteiger partial charge in [-0.25, -0.2) is 0 Å². The average molecular weight is 221 g/mol. The summed E-state index contributed by atoms with van der Waals surface area (Å²) in [6.07, 6.45) is 0. The average Bonchev–Trinajstić information content (AvgIpc) is 2.59. The molecule has 1 aromatic carbocycles. The van der Waals surface area contributed by atoms with Gasteiger partial charge in [0.2, 0.25) is 0 Å². The molecule has 1 aliphatic heterocycles. The number of para-hydroxylation sites is 1. The molecule has 0 amide bonds. The minimum atomic E-state index is 0.556. The topological polar surface area (TPSA) is 27.8 Å². The number of fused-ring (bicyclic) bond motifs is 3. The molecule has 2 aromatic rings. The molecule has 0 aliphatic carbocycles. The molecule has 0 saturated heterocycles. The molecule has 2 N–H and O–H groups in total. The van der Waals surface area contributed by atoms with E-state index in [9.17, 15) is 0 Å². The first-order valence-electron chi connectivity index (χ1n) is 5.27. The zero-order chi connectivity index (χ0) is 10.4. The molecule has 0 radical (unpaired) electrons. The number of benzene rings is 1. The largest absolute Gasteiger partial charge is 0.356 e. The van der Waals surface area contributed by atoms with Gasteiger partial charge in [0.1, 0.15) is 0 Å². The minimum absolute atomic E-state index is 0.556. The lowest BCUT2D eigenvalue weighted by Gasteiger charge is -2.20. The molecular weight excluding hydrogens is 208 g/mol. The quantitative estimate of drug-likeness (QED) is 0.702. The summed E-state index contributed by atoms with van der Waals surface area (Å²) in [5, 5.41) is 5.49. The van der Waals surface area contributed by atoms with E-state index in [0.29, 0.717) is 5.92 Å². The van der Waals surface area contributed by atoms with Crippen LogP contribution in [0.2, 0.25) is 5.02 Å². The summed E-state index contributed by atoms with van der Waals surface area (Å²) in [6.45, 7) is 4.22. The lowest BCUT2D eigenvalue weighted by atomic mass is 9.95. The van der Waals surface area contributed by atoms with Crippen molar-refractivity contribution in [2.24, 2.45) is 0 Å². The zero-order valence-electron chi connectivity index (χ0n) is 8.60. The van der Waals surface area contributed by atoms with Gasteiger partial charge in [0.25, 0.3) is 0 Å². The third-order valence-electron chi connectivity index (χ3n) is 3.15. The molecule has 3 heteroatoms. The highest BCUT2D eigenvalue weighted by Gasteiger charge is 2.21. The Kier molecular flexibility index (Phi) is 2.01. The van der Waals surface area contributed by atoms with E-state index in [2.05, 4.69) is 23.3 Å². The van der Waals surface area contributed by atoms with Gasteiger partial charge in [0.05, 0.1) is 10.5 Å². The van der Waals surface area contributed by atoms with Gasteiger partial charge in [-0.1, -0.05) is 30.7 Å². The van der Waals surface area contributed by atoms with E-state index in [4.69, 9.17) is 11.6 Å². The first-order valence-corrected chi connectivity index (χ1v) is 5.65. The van der Waals surface area contributed by atoms with Crippen LogP contribution in [0.4, 0.5) is 0 Å². The Morgan fingerprint density at radius 3 is 3.13 bits per heavy atom. The highest BCUT2D eigenvalue weighted by molar-refractivity contribution is 6.35. The number of hydrogen-bond acceptors (Lipinski definition) is 1. The lowest BCUT2D eigenvalue weighted by molar-refractivity contribution is 0.568. The van der Waals surface area contributed by atoms with Gasteiger partial charge >= 0.3 is 0 Å². The third-order valence-corrected chi connectivity index (χ3v) is 3.46. The highest BCUT2D eigenvalue weighted by atomic mass is 35.5. The van der Waals surface area contributed by atoms with Gasteiger partial charge < -0.3 is 10.3 Å². The maximum atomic E-state index is 6.17. The molecule has 2 heterocycles. The van der Waals surface area contributed by atoms with Crippen molar-refractivity contribution >= 4 is 22.5 Å². The predicted octanol–water partition coefficient (Wildman–Crippen LogP) is 3.03. The molecule has 1 aromatic heterocycles. The number of aromatic nitrogens is 1. The maximum absolute atomic E-state index is 6.17. The van der Waals surface area contributed by atoms with Crippen LogP contribution >= 0.6 is 11.6 Å². The summed E-state index contributed by atoms with van der Waals surface area (Å²) in [6, 6.07) is 6.11. The smallest absolute Gasteiger partial charge is 0.0648 e. The normalized spacial score (nSPS) is 20.5. The second-order valence-corrected chi connectivity index (χ2v) is 4.62. The lowest BCUT2D eigenvalue weighted by Crippen LogP contribution is -2.26. The van der Waals surface area contributed by atoms with Crippen molar-refractivity contribution in [3.63, 3.8) is 0 Å². The fourth-order valence-corrected chi connectivity index (χ4v) is 2.70. The number of aromatic amines is 1. The fraction of sp³-hybridized carbons (Fsp3) is 0.333. The number of rotatable bonds is 0. The van der Waals surface area contributed by atoms with Crippen molar-refractivity contribution in [2.75, 3.05) is 6.54 Å². The number of hydrogen-bond donors (Lipinski definition) is 2. The molecule has 3 rings (SSSR count). The Hall–Kier alpha value is -0.990. The SMILES string of the molecule is CC1CNCc2[nH]c3c(Cl)cccc3c21. The molecule has 78 valence electrons. The second kappa shape index (κ2) is 3.26. The van der Waals surface area contributed by atoms with Crippen LogP contribution in [0.25, 0.3) is 10.9 Å². The van der Waals surface area contributed by atoms with Crippen LogP contribution < -0.4 is 5.32 Å². The van der Waals surface area contributed by atoms with Gasteiger partial charge in [0.15, 0.2) is 0 Å². The summed E-state index contributed by atoms with van der Waals surface area (Å²) in [5.74, 6) is 0.556. The molecule has 1 unspecified atom stereocenters. The third kappa shape index (κ3) is 1.29. The van der Waals surface area contributed by atoms with E-state index in [-0.39, 0.29) is 0 Å². The summed E-state index contributed by atoms with van der Waals surface area (Å²) >= 11 is 6.17. The molecule has 1 aliphatic rings. The first-order chi connectivity index (χ1) is 7.27. The van der Waals surface area contributed by atoms with Gasteiger partial charge in [-0.15, -0.1) is 0 Å². The van der Waals surface area contributed by atoms with Crippen molar-refractivity contribution in [2.45, 2.75) is 19.4 Å². The molecule has 1 atom stereocenters. The van der Waals surface area contributed by atoms with E-state index in [1.54, 1.807) is 0 Å². The highest BCUT2D eigenvalue weighted by Crippen LogP contribution is 2.34. The van der Waals surface area contributed by atoms with Gasteiger partial charge in [-0.2, -0.15) is 0 Å². The van der Waals surface area contributed by atoms with Crippen LogP contribution in [0.3, 0.4) is 0 Å². The molecule has 0 bridgehead atoms. The molecule has 0 spiro atoms. The number of halogens is 1. The predicted molar refractivity (Wildman–Crippen MR) is 63.4 cm³/mol. The molecule has 2 nitrogen and oxygen atoms in total. The number of nitrogens with one attached hydrogen (secondary N) is 2. The fourth-order valence-electron chi connectivity index (χ4n) is 2.47. The first kappa shape index (κ1) is 9.25. The van der Waals surface area contributed by atoms with Crippen molar-refractivity contribution in [3.05, 3.63) is 34.5 Å². The summed E-state index contributed by atoms with van der Waals surface area (Å²) in [7, 11) is 0. The van der Waals surface area contributed by atoms with Crippen LogP contribution in [0.1, 0.15) is 24.1 Å². The monoisotopic (exact) mass is 220 g/mol. The molecule has 0 fully saturated rings. The Balaban J connectivity index is 2.36. The Morgan fingerprint density at radius 2 is 2.27 bits per heavy atom. The zero-order valence-corrected chi connectivity index (χ0v) is 9.36. The number of H-pyrrole nitrogens is 1. The Labute approximate surface area is 93.6 Å². The van der Waals surface area contributed by atoms with Crippen LogP contribution in [0.5, 0.6) is 0 Å². The van der Waals surface area contributed by atoms with Crippen molar-refractivity contribution in [3.8, 4) is 0 Å². The summed E-state index contributed by atoms with van der Waals surface area (Å²) in [5.41, 5.74) is 3.81. The van der Waals surface area contributed by atoms with Crippen molar-refractivity contribution in [1.82, 2.24) is 10.3 Å². The van der Waals surface area contributed by atoms with E-state index < -0.39 is 0 Å². The van der Waals surface area contributed by atoms with E-state index >= 15 is 0 Å². The van der Waals surface area contributed by atoms with Crippen LogP contribution in [-0.4, -0.2) is 11.5 Å². The van der Waals surface area contributed by atoms with Crippen molar-refractivity contribution < 1.29 is 0 Å². The van der Waals surface area contributed by atoms with Gasteiger partial charge in [0, 0.05) is 24.2 Å². The standard InChI is InChI=1S/C12H13ClN2/c1-7-5-14-6-10-11(7)8-3-2-4-9(13)12(8)15-10/h2-4,7,14-15H,5-6H2,1H3. The summed E-state index contributed by atoms with van der Waals surface area (Å²) < 4.78 is 0. The van der Waals surface area contributed by atoms with Crippen LogP contribution in [0.15, 0.2) is 18.2 Å².